The molecule has 178 valence electrons. The van der Waals surface area contributed by atoms with E-state index in [9.17, 15) is 36.5 Å². The number of nitro groups is 1. The van der Waals surface area contributed by atoms with Gasteiger partial charge in [0, 0.05) is 38.3 Å². The topological polar surface area (TPSA) is 113 Å². The third-order valence-electron chi connectivity index (χ3n) is 5.20. The van der Waals surface area contributed by atoms with Gasteiger partial charge in [-0.3, -0.25) is 19.8 Å². The zero-order valence-corrected chi connectivity index (χ0v) is 18.3. The molecule has 1 aliphatic rings. The Morgan fingerprint density at radius 3 is 2.39 bits per heavy atom. The van der Waals surface area contributed by atoms with Gasteiger partial charge < -0.3 is 5.32 Å². The van der Waals surface area contributed by atoms with Crippen molar-refractivity contribution < 1.29 is 31.3 Å². The first-order chi connectivity index (χ1) is 15.4. The quantitative estimate of drug-likeness (QED) is 0.496. The van der Waals surface area contributed by atoms with Gasteiger partial charge >= 0.3 is 6.18 Å². The van der Waals surface area contributed by atoms with Gasteiger partial charge in [0.05, 0.1) is 27.6 Å². The number of piperazine rings is 1. The van der Waals surface area contributed by atoms with E-state index in [2.05, 4.69) is 5.32 Å². The van der Waals surface area contributed by atoms with Crippen LogP contribution in [0.2, 0.25) is 0 Å². The monoisotopic (exact) mass is 486 g/mol. The first-order valence-electron chi connectivity index (χ1n) is 9.82. The number of alkyl halides is 3. The minimum atomic E-state index is -4.66. The molecule has 1 amide bonds. The molecule has 33 heavy (non-hydrogen) atoms. The second-order valence-electron chi connectivity index (χ2n) is 7.51. The Kier molecular flexibility index (Phi) is 7.05. The van der Waals surface area contributed by atoms with Crippen molar-refractivity contribution in [2.75, 3.05) is 38.0 Å². The number of non-ortho nitro benzene ring substituents is 1. The van der Waals surface area contributed by atoms with Gasteiger partial charge in [-0.05, 0) is 30.7 Å². The molecule has 0 radical (unpaired) electrons. The van der Waals surface area contributed by atoms with Crippen LogP contribution in [0.5, 0.6) is 0 Å². The number of amides is 1. The molecular weight excluding hydrogens is 465 g/mol. The summed E-state index contributed by atoms with van der Waals surface area (Å²) in [5, 5.41) is 13.5. The molecule has 2 aromatic carbocycles. The fraction of sp³-hybridized carbons (Fsp3) is 0.350. The molecule has 0 atom stereocenters. The number of hydrogen-bond donors (Lipinski definition) is 1. The summed E-state index contributed by atoms with van der Waals surface area (Å²) in [5.41, 5.74) is -0.259. The number of rotatable bonds is 6. The van der Waals surface area contributed by atoms with E-state index in [4.69, 9.17) is 0 Å². The van der Waals surface area contributed by atoms with E-state index < -0.39 is 37.5 Å². The van der Waals surface area contributed by atoms with Crippen LogP contribution in [0.1, 0.15) is 11.1 Å². The Labute approximate surface area is 188 Å². The van der Waals surface area contributed by atoms with Gasteiger partial charge in [0.25, 0.3) is 5.69 Å². The van der Waals surface area contributed by atoms with Crippen LogP contribution in [0.3, 0.4) is 0 Å². The molecule has 1 heterocycles. The zero-order valence-electron chi connectivity index (χ0n) is 17.5. The van der Waals surface area contributed by atoms with Crippen molar-refractivity contribution in [1.82, 2.24) is 9.21 Å². The normalized spacial score (nSPS) is 15.9. The number of benzene rings is 2. The van der Waals surface area contributed by atoms with E-state index in [1.165, 1.54) is 18.2 Å². The number of nitro benzene ring substituents is 1. The lowest BCUT2D eigenvalue weighted by molar-refractivity contribution is -0.384. The molecule has 9 nitrogen and oxygen atoms in total. The molecule has 1 aliphatic heterocycles. The van der Waals surface area contributed by atoms with Gasteiger partial charge in [-0.25, -0.2) is 8.42 Å². The van der Waals surface area contributed by atoms with Crippen LogP contribution < -0.4 is 5.32 Å². The summed E-state index contributed by atoms with van der Waals surface area (Å²) in [7, 11) is -4.12. The number of hydrogen-bond acceptors (Lipinski definition) is 6. The fourth-order valence-electron chi connectivity index (χ4n) is 3.36. The summed E-state index contributed by atoms with van der Waals surface area (Å²) in [5.74, 6) is -0.423. The molecule has 3 rings (SSSR count). The molecule has 1 saturated heterocycles. The molecule has 0 saturated carbocycles. The molecule has 1 fully saturated rings. The second-order valence-corrected chi connectivity index (χ2v) is 9.45. The Bertz CT molecular complexity index is 1160. The van der Waals surface area contributed by atoms with Crippen molar-refractivity contribution in [2.24, 2.45) is 0 Å². The van der Waals surface area contributed by atoms with E-state index in [0.29, 0.717) is 17.3 Å². The van der Waals surface area contributed by atoms with E-state index in [1.807, 2.05) is 0 Å². The highest BCUT2D eigenvalue weighted by Crippen LogP contribution is 2.31. The van der Waals surface area contributed by atoms with E-state index >= 15 is 0 Å². The van der Waals surface area contributed by atoms with Crippen LogP contribution >= 0.6 is 0 Å². The lowest BCUT2D eigenvalue weighted by atomic mass is 10.2. The standard InChI is InChI=1S/C20H21F3N4O5S/c1-14-5-6-16(27(29)30)12-18(14)24-19(28)13-25-7-9-26(10-8-25)33(31,32)17-4-2-3-15(11-17)20(21,22)23/h2-6,11-12H,7-10,13H2,1H3,(H,24,28). The predicted octanol–water partition coefficient (Wildman–Crippen LogP) is 2.87. The van der Waals surface area contributed by atoms with Crippen LogP contribution in [0.25, 0.3) is 0 Å². The molecule has 2 aromatic rings. The van der Waals surface area contributed by atoms with Crippen LogP contribution in [-0.2, 0) is 21.0 Å². The Morgan fingerprint density at radius 2 is 1.79 bits per heavy atom. The highest BCUT2D eigenvalue weighted by atomic mass is 32.2. The molecule has 1 N–H and O–H groups in total. The number of nitrogens with one attached hydrogen (secondary N) is 1. The first-order valence-corrected chi connectivity index (χ1v) is 11.3. The van der Waals surface area contributed by atoms with Gasteiger partial charge in [0.1, 0.15) is 0 Å². The third-order valence-corrected chi connectivity index (χ3v) is 7.10. The van der Waals surface area contributed by atoms with Crippen molar-refractivity contribution in [1.29, 1.82) is 0 Å². The Morgan fingerprint density at radius 1 is 1.12 bits per heavy atom. The molecule has 0 bridgehead atoms. The molecular formula is C20H21F3N4O5S. The average Bonchev–Trinajstić information content (AvgIpc) is 2.75. The summed E-state index contributed by atoms with van der Waals surface area (Å²) in [6, 6.07) is 7.68. The molecule has 13 heteroatoms. The van der Waals surface area contributed by atoms with Gasteiger partial charge in [0.15, 0.2) is 0 Å². The molecule has 0 unspecified atom stereocenters. The number of halogens is 3. The maximum Gasteiger partial charge on any atom is 0.416 e. The zero-order chi connectivity index (χ0) is 24.4. The maximum atomic E-state index is 12.9. The van der Waals surface area contributed by atoms with Crippen LogP contribution in [0, 0.1) is 17.0 Å². The number of anilines is 1. The van der Waals surface area contributed by atoms with Crippen molar-refractivity contribution in [3.05, 3.63) is 63.7 Å². The van der Waals surface area contributed by atoms with Crippen LogP contribution in [0.4, 0.5) is 24.5 Å². The smallest absolute Gasteiger partial charge is 0.324 e. The lowest BCUT2D eigenvalue weighted by Gasteiger charge is -2.33. The van der Waals surface area contributed by atoms with Gasteiger partial charge in [-0.15, -0.1) is 0 Å². The summed E-state index contributed by atoms with van der Waals surface area (Å²) < 4.78 is 65.4. The number of aryl methyl sites for hydroxylation is 1. The number of carbonyl (C=O) groups is 1. The summed E-state index contributed by atoms with van der Waals surface area (Å²) in [6.45, 7) is 2.01. The van der Waals surface area contributed by atoms with Gasteiger partial charge in [-0.1, -0.05) is 12.1 Å². The molecule has 0 aromatic heterocycles. The van der Waals surface area contributed by atoms with E-state index in [0.717, 1.165) is 22.5 Å². The first kappa shape index (κ1) is 24.6. The van der Waals surface area contributed by atoms with Crippen molar-refractivity contribution in [3.8, 4) is 0 Å². The van der Waals surface area contributed by atoms with E-state index in [1.54, 1.807) is 11.8 Å². The predicted molar refractivity (Wildman–Crippen MR) is 113 cm³/mol. The average molecular weight is 486 g/mol. The lowest BCUT2D eigenvalue weighted by Crippen LogP contribution is -2.50. The molecule has 0 spiro atoms. The van der Waals surface area contributed by atoms with Crippen molar-refractivity contribution >= 4 is 27.3 Å². The summed E-state index contributed by atoms with van der Waals surface area (Å²) >= 11 is 0. The summed E-state index contributed by atoms with van der Waals surface area (Å²) in [6.07, 6.45) is -4.66. The Hall–Kier alpha value is -3.03. The number of sulfonamides is 1. The fourth-order valence-corrected chi connectivity index (χ4v) is 4.83. The second kappa shape index (κ2) is 9.45. The highest BCUT2D eigenvalue weighted by Gasteiger charge is 2.34. The van der Waals surface area contributed by atoms with Crippen LogP contribution in [0.15, 0.2) is 47.4 Å². The highest BCUT2D eigenvalue weighted by molar-refractivity contribution is 7.89. The minimum Gasteiger partial charge on any atom is -0.324 e. The number of carbonyl (C=O) groups excluding carboxylic acids is 1. The number of nitrogens with zero attached hydrogens (tertiary/aromatic N) is 3. The maximum absolute atomic E-state index is 12.9. The van der Waals surface area contributed by atoms with Gasteiger partial charge in [0.2, 0.25) is 15.9 Å². The van der Waals surface area contributed by atoms with Crippen molar-refractivity contribution in [2.45, 2.75) is 18.0 Å². The Balaban J connectivity index is 1.60. The molecule has 0 aliphatic carbocycles. The van der Waals surface area contributed by atoms with Crippen molar-refractivity contribution in [3.63, 3.8) is 0 Å². The third kappa shape index (κ3) is 5.86. The van der Waals surface area contributed by atoms with Gasteiger partial charge in [-0.2, -0.15) is 17.5 Å². The SMILES string of the molecule is Cc1ccc([N+](=O)[O-])cc1NC(=O)CN1CCN(S(=O)(=O)c2cccc(C(F)(F)F)c2)CC1. The largest absolute Gasteiger partial charge is 0.416 e. The summed E-state index contributed by atoms with van der Waals surface area (Å²) in [4.78, 5) is 24.0. The van der Waals surface area contributed by atoms with E-state index in [-0.39, 0.29) is 38.4 Å². The minimum absolute atomic E-state index is 0.00168. The van der Waals surface area contributed by atoms with Crippen LogP contribution in [-0.4, -0.2) is 61.2 Å².